The molecule has 0 saturated heterocycles. The number of fused-ring (bicyclic) bond motifs is 6. The van der Waals surface area contributed by atoms with E-state index in [1.807, 2.05) is 6.07 Å². The van der Waals surface area contributed by atoms with Crippen molar-refractivity contribution in [2.45, 2.75) is 39.2 Å². The predicted octanol–water partition coefficient (Wildman–Crippen LogP) is 7.35. The molecular weight excluding hydrogens is 545 g/mol. The number of imidazole rings is 1. The summed E-state index contributed by atoms with van der Waals surface area (Å²) >= 11 is 0. The molecule has 0 unspecified atom stereocenters. The molecule has 0 fully saturated rings. The van der Waals surface area contributed by atoms with Crippen molar-refractivity contribution in [2.75, 3.05) is 0 Å². The van der Waals surface area contributed by atoms with Gasteiger partial charge in [0, 0.05) is 56.6 Å². The third-order valence-corrected chi connectivity index (χ3v) is 5.14. The van der Waals surface area contributed by atoms with Crippen molar-refractivity contribution in [3.05, 3.63) is 84.1 Å². The summed E-state index contributed by atoms with van der Waals surface area (Å²) in [5, 5.41) is 1.97. The number of aromatic nitrogens is 2. The van der Waals surface area contributed by atoms with E-state index in [2.05, 4.69) is 11.1 Å². The van der Waals surface area contributed by atoms with Crippen LogP contribution in [-0.2, 0) is 20.1 Å². The summed E-state index contributed by atoms with van der Waals surface area (Å²) in [5.41, 5.74) is -1.15. The maximum Gasteiger partial charge on any atom is 0.0639 e. The van der Waals surface area contributed by atoms with Crippen LogP contribution in [0.5, 0.6) is 0 Å². The van der Waals surface area contributed by atoms with Crippen LogP contribution in [-0.4, -0.2) is 9.38 Å². The number of hydrogen-bond acceptors (Lipinski definition) is 1. The van der Waals surface area contributed by atoms with Crippen LogP contribution in [0, 0.1) is 6.07 Å². The molecule has 0 aliphatic carbocycles. The Bertz CT molecular complexity index is 1780. The van der Waals surface area contributed by atoms with Crippen molar-refractivity contribution in [1.82, 2.24) is 9.38 Å². The summed E-state index contributed by atoms with van der Waals surface area (Å²) in [6, 6.07) is 18.6. The van der Waals surface area contributed by atoms with E-state index in [9.17, 15) is 0 Å². The van der Waals surface area contributed by atoms with E-state index in [0.29, 0.717) is 16.3 Å². The van der Waals surface area contributed by atoms with Gasteiger partial charge in [0.25, 0.3) is 0 Å². The van der Waals surface area contributed by atoms with Crippen LogP contribution in [0.1, 0.15) is 69.5 Å². The van der Waals surface area contributed by atoms with Crippen molar-refractivity contribution >= 4 is 27.3 Å². The summed E-state index contributed by atoms with van der Waals surface area (Å²) in [6.45, 7) is -14.0. The minimum atomic E-state index is -3.50. The molecule has 1 radical (unpaired) electrons. The Morgan fingerprint density at radius 2 is 1.60 bits per heavy atom. The van der Waals surface area contributed by atoms with Crippen molar-refractivity contribution < 1.29 is 39.3 Å². The van der Waals surface area contributed by atoms with Crippen molar-refractivity contribution in [3.8, 4) is 11.3 Å². The first kappa shape index (κ1) is 9.76. The molecule has 3 heteroatoms. The summed E-state index contributed by atoms with van der Waals surface area (Å²) in [7, 11) is 0. The normalized spacial score (nSPS) is 20.9. The van der Waals surface area contributed by atoms with Gasteiger partial charge in [0.1, 0.15) is 0 Å². The van der Waals surface area contributed by atoms with Gasteiger partial charge in [-0.1, -0.05) is 69.2 Å². The largest absolute Gasteiger partial charge is 0.333 e. The molecule has 153 valence electrons. The average Bonchev–Trinajstić information content (AvgIpc) is 3.34. The molecule has 5 aromatic rings. The minimum Gasteiger partial charge on any atom is -0.333 e. The number of nitrogens with zero attached hydrogens (tertiary/aromatic N) is 2. The average molecular weight is 584 g/mol. The van der Waals surface area contributed by atoms with Gasteiger partial charge in [-0.05, 0) is 34.4 Å². The SMILES string of the molecule is [2H]C([2H])([2H])C([2H])(c1cccc(C([2H])(C([2H])([2H])[2H])C([2H])([2H])[2H])c1-c1cnc2c3[c-]cccc3c3ccccc3n12)C([2H])([2H])[2H].[Ir]. The molecule has 0 atom stereocenters. The Labute approximate surface area is 211 Å². The van der Waals surface area contributed by atoms with E-state index < -0.39 is 55.9 Å². The van der Waals surface area contributed by atoms with Gasteiger partial charge < -0.3 is 4.40 Å². The zero-order valence-corrected chi connectivity index (χ0v) is 18.0. The quantitative estimate of drug-likeness (QED) is 0.160. The molecule has 5 rings (SSSR count). The molecule has 0 amide bonds. The van der Waals surface area contributed by atoms with Gasteiger partial charge in [-0.15, -0.1) is 29.7 Å². The molecule has 2 nitrogen and oxygen atoms in total. The Hall–Kier alpha value is -2.48. The molecule has 3 aromatic carbocycles. The predicted molar refractivity (Wildman–Crippen MR) is 123 cm³/mol. The topological polar surface area (TPSA) is 17.3 Å². The first-order chi connectivity index (χ1) is 19.7. The van der Waals surface area contributed by atoms with Crippen LogP contribution in [0.3, 0.4) is 0 Å². The van der Waals surface area contributed by atoms with Crippen molar-refractivity contribution in [3.63, 3.8) is 0 Å². The van der Waals surface area contributed by atoms with E-state index in [0.717, 1.165) is 23.6 Å². The summed E-state index contributed by atoms with van der Waals surface area (Å²) in [5.74, 6) is -6.72. The standard InChI is InChI=1S/C27H25N2.Ir/c1-17(2)19-13-9-14-20(18(3)4)26(19)25-16-28-27-23-12-6-5-10-21(23)22-11-7-8-15-24(22)29(25)27;/h5-11,13-18H,1-4H3;/q-1;/i1D3,2D3,3D3,4D3,17D,18D;. The van der Waals surface area contributed by atoms with Gasteiger partial charge in [-0.2, -0.15) is 0 Å². The van der Waals surface area contributed by atoms with Gasteiger partial charge >= 0.3 is 0 Å². The number of benzene rings is 3. The molecule has 2 aromatic heterocycles. The Balaban J connectivity index is 0.00000442. The third-order valence-electron chi connectivity index (χ3n) is 5.14. The maximum absolute atomic E-state index is 9.02. The Kier molecular flexibility index (Phi) is 2.60. The van der Waals surface area contributed by atoms with E-state index in [4.69, 9.17) is 19.2 Å². The smallest absolute Gasteiger partial charge is 0.0639 e. The first-order valence-corrected chi connectivity index (χ1v) is 9.01. The molecule has 0 bridgehead atoms. The van der Waals surface area contributed by atoms with E-state index >= 15 is 0 Å². The Morgan fingerprint density at radius 1 is 0.900 bits per heavy atom. The van der Waals surface area contributed by atoms with E-state index in [-0.39, 0.29) is 31.4 Å². The van der Waals surface area contributed by atoms with Gasteiger partial charge in [0.15, 0.2) is 0 Å². The van der Waals surface area contributed by atoms with Gasteiger partial charge in [-0.25, -0.2) is 0 Å². The number of rotatable bonds is 3. The third kappa shape index (κ3) is 3.09. The fraction of sp³-hybridized carbons (Fsp3) is 0.222. The molecule has 0 aliphatic rings. The maximum atomic E-state index is 9.02. The molecule has 0 spiro atoms. The van der Waals surface area contributed by atoms with Gasteiger partial charge in [0.05, 0.1) is 11.3 Å². The van der Waals surface area contributed by atoms with Gasteiger partial charge in [-0.3, -0.25) is 4.98 Å². The zero-order chi connectivity index (χ0) is 32.0. The van der Waals surface area contributed by atoms with Crippen LogP contribution < -0.4 is 0 Å². The number of pyridine rings is 1. The summed E-state index contributed by atoms with van der Waals surface area (Å²) in [4.78, 5) is 4.52. The summed E-state index contributed by atoms with van der Waals surface area (Å²) in [6.07, 6.45) is 1.24. The van der Waals surface area contributed by atoms with Crippen LogP contribution in [0.2, 0.25) is 0 Å². The van der Waals surface area contributed by atoms with Crippen LogP contribution >= 0.6 is 0 Å². The summed E-state index contributed by atoms with van der Waals surface area (Å²) < 4.78 is 118. The number of hydrogen-bond donors (Lipinski definition) is 0. The molecule has 2 heterocycles. The molecule has 0 N–H and O–H groups in total. The van der Waals surface area contributed by atoms with E-state index in [1.54, 1.807) is 36.4 Å². The van der Waals surface area contributed by atoms with Crippen molar-refractivity contribution in [2.24, 2.45) is 0 Å². The fourth-order valence-electron chi connectivity index (χ4n) is 3.94. The zero-order valence-electron chi connectivity index (χ0n) is 29.6. The number of para-hydroxylation sites is 1. The molecule has 0 aliphatic heterocycles. The molecule has 0 saturated carbocycles. The van der Waals surface area contributed by atoms with Crippen LogP contribution in [0.4, 0.5) is 0 Å². The second kappa shape index (κ2) is 7.98. The van der Waals surface area contributed by atoms with Crippen LogP contribution in [0.15, 0.2) is 66.9 Å². The fourth-order valence-corrected chi connectivity index (χ4v) is 3.94. The Morgan fingerprint density at radius 3 is 2.33 bits per heavy atom. The van der Waals surface area contributed by atoms with Crippen LogP contribution in [0.25, 0.3) is 38.6 Å². The monoisotopic (exact) mass is 584 g/mol. The molecule has 30 heavy (non-hydrogen) atoms. The first-order valence-electron chi connectivity index (χ1n) is 16.0. The van der Waals surface area contributed by atoms with Gasteiger partial charge in [0.2, 0.25) is 0 Å². The molecular formula is C27H25IrN2-. The van der Waals surface area contributed by atoms with E-state index in [1.165, 1.54) is 10.6 Å². The van der Waals surface area contributed by atoms with Crippen molar-refractivity contribution in [1.29, 1.82) is 0 Å². The second-order valence-corrected chi connectivity index (χ2v) is 6.76. The minimum absolute atomic E-state index is 0. The second-order valence-electron chi connectivity index (χ2n) is 6.76.